The lowest BCUT2D eigenvalue weighted by atomic mass is 10.2. The van der Waals surface area contributed by atoms with Gasteiger partial charge >= 0.3 is 0 Å². The summed E-state index contributed by atoms with van der Waals surface area (Å²) < 4.78 is 0. The van der Waals surface area contributed by atoms with E-state index in [4.69, 9.17) is 23.2 Å². The van der Waals surface area contributed by atoms with Crippen LogP contribution < -0.4 is 5.32 Å². The van der Waals surface area contributed by atoms with Crippen LogP contribution >= 0.6 is 23.2 Å². The van der Waals surface area contributed by atoms with Crippen molar-refractivity contribution in [3.63, 3.8) is 0 Å². The molecule has 1 aromatic rings. The number of halogens is 2. The molecule has 106 valence electrons. The molecule has 1 unspecified atom stereocenters. The van der Waals surface area contributed by atoms with E-state index in [2.05, 4.69) is 22.1 Å². The average Bonchev–Trinajstić information content (AvgIpc) is 2.86. The fourth-order valence-corrected chi connectivity index (χ4v) is 2.98. The van der Waals surface area contributed by atoms with Crippen LogP contribution in [0.15, 0.2) is 12.1 Å². The number of nitrogens with one attached hydrogen (secondary N) is 1. The Kier molecular flexibility index (Phi) is 5.89. The van der Waals surface area contributed by atoms with Gasteiger partial charge in [-0.1, -0.05) is 36.2 Å². The Hall–Kier alpha value is -0.350. The third-order valence-electron chi connectivity index (χ3n) is 3.47. The standard InChI is InChI=1S/C14H21Cl2N3/c1-2-8-19(10-12-4-3-7-17-12)9-11-5-6-13(15)18-14(11)16/h5-6,12,17H,2-4,7-10H2,1H3. The van der Waals surface area contributed by atoms with Gasteiger partial charge in [-0.25, -0.2) is 4.98 Å². The summed E-state index contributed by atoms with van der Waals surface area (Å²) in [5, 5.41) is 4.52. The molecule has 1 atom stereocenters. The van der Waals surface area contributed by atoms with Crippen LogP contribution in [0.3, 0.4) is 0 Å². The summed E-state index contributed by atoms with van der Waals surface area (Å²) in [4.78, 5) is 6.55. The second kappa shape index (κ2) is 7.44. The highest BCUT2D eigenvalue weighted by atomic mass is 35.5. The Balaban J connectivity index is 1.98. The van der Waals surface area contributed by atoms with Gasteiger partial charge in [-0.2, -0.15) is 0 Å². The monoisotopic (exact) mass is 301 g/mol. The van der Waals surface area contributed by atoms with Crippen LogP contribution in [0.1, 0.15) is 31.7 Å². The molecule has 2 rings (SSSR count). The highest BCUT2D eigenvalue weighted by Gasteiger charge is 2.18. The first-order valence-corrected chi connectivity index (χ1v) is 7.71. The van der Waals surface area contributed by atoms with E-state index in [1.165, 1.54) is 12.8 Å². The first kappa shape index (κ1) is 15.0. The van der Waals surface area contributed by atoms with Crippen LogP contribution in [-0.4, -0.2) is 35.6 Å². The minimum Gasteiger partial charge on any atom is -0.313 e. The summed E-state index contributed by atoms with van der Waals surface area (Å²) in [5.41, 5.74) is 1.05. The van der Waals surface area contributed by atoms with Crippen molar-refractivity contribution in [1.82, 2.24) is 15.2 Å². The van der Waals surface area contributed by atoms with Gasteiger partial charge in [-0.3, -0.25) is 4.90 Å². The Bertz CT molecular complexity index is 406. The molecule has 0 spiro atoms. The highest BCUT2D eigenvalue weighted by molar-refractivity contribution is 6.32. The van der Waals surface area contributed by atoms with Crippen LogP contribution in [0.4, 0.5) is 0 Å². The van der Waals surface area contributed by atoms with Crippen molar-refractivity contribution in [2.75, 3.05) is 19.6 Å². The fourth-order valence-electron chi connectivity index (χ4n) is 2.58. The number of rotatable bonds is 6. The third-order valence-corrected chi connectivity index (χ3v) is 4.00. The smallest absolute Gasteiger partial charge is 0.135 e. The molecule has 0 aromatic carbocycles. The second-order valence-electron chi connectivity index (χ2n) is 5.11. The van der Waals surface area contributed by atoms with Crippen LogP contribution in [0.5, 0.6) is 0 Å². The molecule has 19 heavy (non-hydrogen) atoms. The maximum atomic E-state index is 6.15. The molecule has 3 nitrogen and oxygen atoms in total. The normalized spacial score (nSPS) is 19.3. The summed E-state index contributed by atoms with van der Waals surface area (Å²) >= 11 is 12.0. The van der Waals surface area contributed by atoms with Gasteiger partial charge in [0.15, 0.2) is 0 Å². The number of pyridine rings is 1. The molecule has 0 bridgehead atoms. The average molecular weight is 302 g/mol. The summed E-state index contributed by atoms with van der Waals surface area (Å²) in [6.07, 6.45) is 3.70. The lowest BCUT2D eigenvalue weighted by Crippen LogP contribution is -2.37. The van der Waals surface area contributed by atoms with Crippen molar-refractivity contribution in [3.05, 3.63) is 28.0 Å². The number of aromatic nitrogens is 1. The highest BCUT2D eigenvalue weighted by Crippen LogP contribution is 2.19. The number of hydrogen-bond donors (Lipinski definition) is 1. The van der Waals surface area contributed by atoms with Crippen molar-refractivity contribution in [2.24, 2.45) is 0 Å². The van der Waals surface area contributed by atoms with Crippen LogP contribution in [0.25, 0.3) is 0 Å². The Morgan fingerprint density at radius 3 is 2.89 bits per heavy atom. The molecule has 1 saturated heterocycles. The van der Waals surface area contributed by atoms with E-state index in [9.17, 15) is 0 Å². The zero-order valence-electron chi connectivity index (χ0n) is 11.3. The van der Waals surface area contributed by atoms with E-state index in [0.29, 0.717) is 16.3 Å². The van der Waals surface area contributed by atoms with Crippen molar-refractivity contribution >= 4 is 23.2 Å². The van der Waals surface area contributed by atoms with Gasteiger partial charge in [0.1, 0.15) is 10.3 Å². The van der Waals surface area contributed by atoms with Crippen LogP contribution in [-0.2, 0) is 6.54 Å². The molecule has 1 N–H and O–H groups in total. The summed E-state index contributed by atoms with van der Waals surface area (Å²) in [5.74, 6) is 0. The quantitative estimate of drug-likeness (QED) is 0.817. The predicted octanol–water partition coefficient (Wildman–Crippen LogP) is 3.35. The Labute approximate surface area is 125 Å². The molecule has 0 amide bonds. The lowest BCUT2D eigenvalue weighted by molar-refractivity contribution is 0.241. The van der Waals surface area contributed by atoms with E-state index in [1.54, 1.807) is 6.07 Å². The first-order chi connectivity index (χ1) is 9.19. The minimum absolute atomic E-state index is 0.452. The Morgan fingerprint density at radius 1 is 1.42 bits per heavy atom. The van der Waals surface area contributed by atoms with E-state index in [1.807, 2.05) is 6.07 Å². The largest absolute Gasteiger partial charge is 0.313 e. The van der Waals surface area contributed by atoms with Gasteiger partial charge in [0.2, 0.25) is 0 Å². The molecule has 1 aromatic heterocycles. The molecule has 0 aliphatic carbocycles. The predicted molar refractivity (Wildman–Crippen MR) is 80.8 cm³/mol. The summed E-state index contributed by atoms with van der Waals surface area (Å²) in [6.45, 7) is 6.35. The van der Waals surface area contributed by atoms with Crippen molar-refractivity contribution in [1.29, 1.82) is 0 Å². The van der Waals surface area contributed by atoms with Gasteiger partial charge in [0, 0.05) is 24.7 Å². The van der Waals surface area contributed by atoms with E-state index in [0.717, 1.165) is 38.2 Å². The zero-order valence-corrected chi connectivity index (χ0v) is 12.8. The second-order valence-corrected chi connectivity index (χ2v) is 5.86. The van der Waals surface area contributed by atoms with Crippen molar-refractivity contribution < 1.29 is 0 Å². The number of nitrogens with zero attached hydrogens (tertiary/aromatic N) is 2. The van der Waals surface area contributed by atoms with Crippen molar-refractivity contribution in [2.45, 2.75) is 38.8 Å². The molecule has 2 heterocycles. The topological polar surface area (TPSA) is 28.2 Å². The molecule has 1 fully saturated rings. The molecular formula is C14H21Cl2N3. The summed E-state index contributed by atoms with van der Waals surface area (Å²) in [7, 11) is 0. The first-order valence-electron chi connectivity index (χ1n) is 6.95. The van der Waals surface area contributed by atoms with Crippen molar-refractivity contribution in [3.8, 4) is 0 Å². The lowest BCUT2D eigenvalue weighted by Gasteiger charge is -2.25. The van der Waals surface area contributed by atoms with Crippen LogP contribution in [0, 0.1) is 0 Å². The fraction of sp³-hybridized carbons (Fsp3) is 0.643. The Morgan fingerprint density at radius 2 is 2.26 bits per heavy atom. The van der Waals surface area contributed by atoms with Gasteiger partial charge in [0.25, 0.3) is 0 Å². The van der Waals surface area contributed by atoms with Gasteiger partial charge in [-0.15, -0.1) is 0 Å². The van der Waals surface area contributed by atoms with Crippen LogP contribution in [0.2, 0.25) is 10.3 Å². The van der Waals surface area contributed by atoms with Gasteiger partial charge in [0.05, 0.1) is 0 Å². The zero-order chi connectivity index (χ0) is 13.7. The molecule has 1 aliphatic heterocycles. The molecule has 1 aliphatic rings. The van der Waals surface area contributed by atoms with E-state index in [-0.39, 0.29) is 0 Å². The SMILES string of the molecule is CCCN(Cc1ccc(Cl)nc1Cl)CC1CCCN1. The molecule has 0 saturated carbocycles. The van der Waals surface area contributed by atoms with Gasteiger partial charge in [-0.05, 0) is 38.4 Å². The molecule has 0 radical (unpaired) electrons. The molecule has 5 heteroatoms. The van der Waals surface area contributed by atoms with Gasteiger partial charge < -0.3 is 5.32 Å². The van der Waals surface area contributed by atoms with E-state index < -0.39 is 0 Å². The third kappa shape index (κ3) is 4.60. The minimum atomic E-state index is 0.452. The maximum Gasteiger partial charge on any atom is 0.135 e. The number of hydrogen-bond acceptors (Lipinski definition) is 3. The van der Waals surface area contributed by atoms with E-state index >= 15 is 0 Å². The maximum absolute atomic E-state index is 6.15. The molecular weight excluding hydrogens is 281 g/mol. The summed E-state index contributed by atoms with van der Waals surface area (Å²) in [6, 6.07) is 4.40.